The normalized spacial score (nSPS) is 14.2. The van der Waals surface area contributed by atoms with Crippen molar-refractivity contribution >= 4 is 13.7 Å². The van der Waals surface area contributed by atoms with E-state index in [-0.39, 0.29) is 19.1 Å². The van der Waals surface area contributed by atoms with Crippen LogP contribution in [0, 0.1) is 0 Å². The second-order valence-electron chi connectivity index (χ2n) is 21.3. The zero-order chi connectivity index (χ0) is 49.9. The van der Waals surface area contributed by atoms with Gasteiger partial charge in [0.2, 0.25) is 5.91 Å². The first kappa shape index (κ1) is 66.7. The van der Waals surface area contributed by atoms with Crippen LogP contribution in [0.5, 0.6) is 0 Å². The van der Waals surface area contributed by atoms with E-state index < -0.39 is 20.0 Å². The first-order valence-corrected chi connectivity index (χ1v) is 30.8. The lowest BCUT2D eigenvalue weighted by molar-refractivity contribution is -0.870. The van der Waals surface area contributed by atoms with E-state index in [1.165, 1.54) is 193 Å². The maximum Gasteiger partial charge on any atom is 0.268 e. The molecule has 0 aliphatic rings. The molecule has 0 aromatic carbocycles. The average molecular weight is 980 g/mol. The number of phosphoric ester groups is 1. The molecule has 0 saturated heterocycles. The molecule has 9 heteroatoms. The summed E-state index contributed by atoms with van der Waals surface area (Å²) in [4.78, 5) is 25.4. The summed E-state index contributed by atoms with van der Waals surface area (Å²) < 4.78 is 23.4. The van der Waals surface area contributed by atoms with Gasteiger partial charge < -0.3 is 28.8 Å². The van der Waals surface area contributed by atoms with E-state index in [2.05, 4.69) is 55.6 Å². The Morgan fingerprint density at radius 2 is 0.897 bits per heavy atom. The highest BCUT2D eigenvalue weighted by atomic mass is 31.2. The van der Waals surface area contributed by atoms with Crippen LogP contribution in [0.25, 0.3) is 0 Å². The molecule has 0 rings (SSSR count). The zero-order valence-electron chi connectivity index (χ0n) is 45.8. The SMILES string of the molecule is CC/C=C\C/C=C\C/C=C\CCCCCC(=O)NC(COP(=O)([O-])OCC[N+](C)(C)C)C(O)CCCCCCCCCCCCCCCCCCCCCCCCCCCCCCCCCCC. The van der Waals surface area contributed by atoms with Crippen LogP contribution in [-0.4, -0.2) is 68.5 Å². The van der Waals surface area contributed by atoms with E-state index in [9.17, 15) is 19.4 Å². The number of unbranched alkanes of at least 4 members (excludes halogenated alkanes) is 35. The van der Waals surface area contributed by atoms with Gasteiger partial charge in [0.15, 0.2) is 0 Å². The van der Waals surface area contributed by atoms with Crippen LogP contribution in [0.1, 0.15) is 284 Å². The van der Waals surface area contributed by atoms with Gasteiger partial charge in [-0.1, -0.05) is 269 Å². The van der Waals surface area contributed by atoms with Crippen LogP contribution < -0.4 is 10.2 Å². The largest absolute Gasteiger partial charge is 0.756 e. The molecular weight excluding hydrogens is 864 g/mol. The molecule has 0 saturated carbocycles. The molecule has 3 atom stereocenters. The molecule has 0 aromatic rings. The van der Waals surface area contributed by atoms with Gasteiger partial charge in [-0.3, -0.25) is 9.36 Å². The Balaban J connectivity index is 3.98. The number of aliphatic hydroxyl groups excluding tert-OH is 1. The van der Waals surface area contributed by atoms with E-state index >= 15 is 0 Å². The average Bonchev–Trinajstić information content (AvgIpc) is 3.30. The minimum atomic E-state index is -4.58. The third-order valence-electron chi connectivity index (χ3n) is 13.4. The number of hydrogen-bond donors (Lipinski definition) is 2. The van der Waals surface area contributed by atoms with Gasteiger partial charge in [0.05, 0.1) is 39.9 Å². The molecule has 0 bridgehead atoms. The number of allylic oxidation sites excluding steroid dienone is 6. The Morgan fingerprint density at radius 3 is 1.29 bits per heavy atom. The first-order valence-electron chi connectivity index (χ1n) is 29.3. The number of nitrogens with one attached hydrogen (secondary N) is 1. The summed E-state index contributed by atoms with van der Waals surface area (Å²) in [5.41, 5.74) is 0. The van der Waals surface area contributed by atoms with Gasteiger partial charge in [-0.15, -0.1) is 0 Å². The molecule has 0 aromatic heterocycles. The van der Waals surface area contributed by atoms with Crippen molar-refractivity contribution in [2.45, 2.75) is 296 Å². The van der Waals surface area contributed by atoms with Crippen LogP contribution in [0.3, 0.4) is 0 Å². The molecule has 1 amide bonds. The number of rotatable bonds is 54. The van der Waals surface area contributed by atoms with Crippen molar-refractivity contribution in [1.29, 1.82) is 0 Å². The van der Waals surface area contributed by atoms with E-state index in [4.69, 9.17) is 9.05 Å². The smallest absolute Gasteiger partial charge is 0.268 e. The number of aliphatic hydroxyl groups is 1. The van der Waals surface area contributed by atoms with Gasteiger partial charge in [-0.05, 0) is 44.9 Å². The number of quaternary nitrogens is 1. The van der Waals surface area contributed by atoms with Gasteiger partial charge >= 0.3 is 0 Å². The zero-order valence-corrected chi connectivity index (χ0v) is 46.7. The van der Waals surface area contributed by atoms with E-state index in [0.717, 1.165) is 64.2 Å². The molecule has 3 unspecified atom stereocenters. The lowest BCUT2D eigenvalue weighted by Gasteiger charge is -2.30. The second-order valence-corrected chi connectivity index (χ2v) is 22.7. The molecule has 0 fully saturated rings. The molecular formula is C59H115N2O6P. The van der Waals surface area contributed by atoms with Gasteiger partial charge in [-0.2, -0.15) is 0 Å². The fourth-order valence-corrected chi connectivity index (χ4v) is 9.55. The third kappa shape index (κ3) is 52.5. The van der Waals surface area contributed by atoms with Crippen LogP contribution in [-0.2, 0) is 18.4 Å². The molecule has 0 radical (unpaired) electrons. The number of amides is 1. The number of carbonyl (C=O) groups is 1. The maximum absolute atomic E-state index is 12.9. The molecule has 0 aliphatic carbocycles. The second kappa shape index (κ2) is 50.7. The summed E-state index contributed by atoms with van der Waals surface area (Å²) in [6.07, 6.45) is 65.0. The minimum Gasteiger partial charge on any atom is -0.756 e. The summed E-state index contributed by atoms with van der Waals surface area (Å²) in [5, 5.41) is 14.0. The number of nitrogens with zero attached hydrogens (tertiary/aromatic N) is 1. The van der Waals surface area contributed by atoms with E-state index in [0.29, 0.717) is 23.9 Å². The van der Waals surface area contributed by atoms with Crippen molar-refractivity contribution in [3.8, 4) is 0 Å². The van der Waals surface area contributed by atoms with Crippen molar-refractivity contribution in [1.82, 2.24) is 5.32 Å². The van der Waals surface area contributed by atoms with Gasteiger partial charge in [0, 0.05) is 6.42 Å². The van der Waals surface area contributed by atoms with Crippen LogP contribution >= 0.6 is 7.82 Å². The predicted octanol–water partition coefficient (Wildman–Crippen LogP) is 17.1. The summed E-state index contributed by atoms with van der Waals surface area (Å²) in [7, 11) is 1.29. The summed E-state index contributed by atoms with van der Waals surface area (Å²) >= 11 is 0. The third-order valence-corrected chi connectivity index (χ3v) is 14.4. The number of phosphoric acid groups is 1. The fourth-order valence-electron chi connectivity index (χ4n) is 8.82. The van der Waals surface area contributed by atoms with Crippen LogP contribution in [0.2, 0.25) is 0 Å². The van der Waals surface area contributed by atoms with Crippen LogP contribution in [0.4, 0.5) is 0 Å². The molecule has 402 valence electrons. The highest BCUT2D eigenvalue weighted by molar-refractivity contribution is 7.45. The van der Waals surface area contributed by atoms with Crippen LogP contribution in [0.15, 0.2) is 36.5 Å². The van der Waals surface area contributed by atoms with E-state index in [1.54, 1.807) is 0 Å². The summed E-state index contributed by atoms with van der Waals surface area (Å²) in [6.45, 7) is 4.61. The number of carbonyl (C=O) groups excluding carboxylic acids is 1. The molecule has 2 N–H and O–H groups in total. The Kier molecular flexibility index (Phi) is 49.7. The van der Waals surface area contributed by atoms with Crippen molar-refractivity contribution in [3.63, 3.8) is 0 Å². The fraction of sp³-hybridized carbons (Fsp3) is 0.881. The highest BCUT2D eigenvalue weighted by Gasteiger charge is 2.24. The lowest BCUT2D eigenvalue weighted by Crippen LogP contribution is -2.46. The summed E-state index contributed by atoms with van der Waals surface area (Å²) in [6, 6.07) is -0.816. The minimum absolute atomic E-state index is 0.00606. The monoisotopic (exact) mass is 979 g/mol. The number of hydrogen-bond acceptors (Lipinski definition) is 6. The molecule has 68 heavy (non-hydrogen) atoms. The van der Waals surface area contributed by atoms with E-state index in [1.807, 2.05) is 21.1 Å². The molecule has 0 aliphatic heterocycles. The van der Waals surface area contributed by atoms with Gasteiger partial charge in [0.1, 0.15) is 13.2 Å². The quantitative estimate of drug-likeness (QED) is 0.0272. The lowest BCUT2D eigenvalue weighted by atomic mass is 10.0. The van der Waals surface area contributed by atoms with Gasteiger partial charge in [-0.25, -0.2) is 0 Å². The Labute approximate surface area is 423 Å². The molecule has 8 nitrogen and oxygen atoms in total. The first-order chi connectivity index (χ1) is 33.0. The topological polar surface area (TPSA) is 108 Å². The molecule has 0 heterocycles. The van der Waals surface area contributed by atoms with Gasteiger partial charge in [0.25, 0.3) is 7.82 Å². The maximum atomic E-state index is 12.9. The Hall–Kier alpha value is -1.28. The predicted molar refractivity (Wildman–Crippen MR) is 293 cm³/mol. The highest BCUT2D eigenvalue weighted by Crippen LogP contribution is 2.38. The van der Waals surface area contributed by atoms with Crippen molar-refractivity contribution in [3.05, 3.63) is 36.5 Å². The van der Waals surface area contributed by atoms with Crippen molar-refractivity contribution in [2.75, 3.05) is 40.9 Å². The number of likely N-dealkylation sites (N-methyl/N-ethyl adjacent to an activating group) is 1. The Morgan fingerprint density at radius 1 is 0.529 bits per heavy atom. The summed E-state index contributed by atoms with van der Waals surface area (Å²) in [5.74, 6) is -0.191. The Bertz CT molecular complexity index is 1200. The van der Waals surface area contributed by atoms with Crippen molar-refractivity contribution < 1.29 is 32.9 Å². The molecule has 0 spiro atoms. The standard InChI is InChI=1S/C59H115N2O6P/c1-6-8-10-12-14-16-18-20-21-22-23-24-25-26-27-28-29-30-31-32-33-34-35-36-37-38-39-41-42-44-46-48-50-52-58(62)57(56-67-68(64,65)66-55-54-61(3,4)5)60-59(63)53-51-49-47-45-43-40-19-17-15-13-11-9-7-2/h9,11,15,17,40,43,57-58,62H,6-8,10,12-14,16,18-39,41-42,44-56H2,1-5H3,(H-,60,63,64,65)/b11-9-,17-15-,43-40-. The van der Waals surface area contributed by atoms with Crippen molar-refractivity contribution in [2.24, 2.45) is 0 Å².